The van der Waals surface area contributed by atoms with Crippen molar-refractivity contribution in [3.63, 3.8) is 0 Å². The summed E-state index contributed by atoms with van der Waals surface area (Å²) in [5.74, 6) is -4.62. The summed E-state index contributed by atoms with van der Waals surface area (Å²) in [5.41, 5.74) is -1.44. The zero-order valence-electron chi connectivity index (χ0n) is 36.4. The average molecular weight is 1020 g/mol. The molecular weight excluding hydrogens is 985 g/mol. The van der Waals surface area contributed by atoms with E-state index in [0.29, 0.717) is 36.4 Å². The van der Waals surface area contributed by atoms with E-state index >= 15 is 0 Å². The van der Waals surface area contributed by atoms with Gasteiger partial charge in [-0.25, -0.2) is 9.59 Å². The summed E-state index contributed by atoms with van der Waals surface area (Å²) in [6, 6.07) is 12.0. The van der Waals surface area contributed by atoms with Crippen LogP contribution >= 0.6 is 0 Å². The third-order valence-corrected chi connectivity index (χ3v) is 9.63. The number of ether oxygens (including phenoxy) is 2. The van der Waals surface area contributed by atoms with Crippen LogP contribution in [-0.4, -0.2) is 51.2 Å². The Balaban J connectivity index is 1.70. The number of halogens is 6. The molecule has 0 saturated carbocycles. The Morgan fingerprint density at radius 2 is 0.986 bits per heavy atom. The molecule has 1 aromatic heterocycles. The molecular formula is C41H33F6N11O14-4. The number of rotatable bonds is 20. The summed E-state index contributed by atoms with van der Waals surface area (Å²) in [5, 5.41) is 95.0. The highest BCUT2D eigenvalue weighted by Crippen LogP contribution is 2.34. The summed E-state index contributed by atoms with van der Waals surface area (Å²) in [4.78, 5) is 53.0. The van der Waals surface area contributed by atoms with Gasteiger partial charge in [-0.15, -0.1) is 0 Å². The molecule has 0 unspecified atom stereocenters. The van der Waals surface area contributed by atoms with Gasteiger partial charge in [-0.05, 0) is 66.7 Å². The summed E-state index contributed by atoms with van der Waals surface area (Å²) in [6.45, 7) is 0. The lowest BCUT2D eigenvalue weighted by atomic mass is 10.0. The minimum Gasteiger partial charge on any atom is -0.769 e. The predicted molar refractivity (Wildman–Crippen MR) is 242 cm³/mol. The van der Waals surface area contributed by atoms with Crippen LogP contribution < -0.4 is 42.8 Å². The predicted octanol–water partition coefficient (Wildman–Crippen LogP) is 8.11. The number of carbonyl (C=O) groups is 2. The third-order valence-electron chi connectivity index (χ3n) is 9.63. The Morgan fingerprint density at radius 1 is 0.611 bits per heavy atom. The van der Waals surface area contributed by atoms with Crippen molar-refractivity contribution in [1.82, 2.24) is 15.8 Å². The first-order chi connectivity index (χ1) is 33.8. The van der Waals surface area contributed by atoms with Crippen LogP contribution in [0.5, 0.6) is 0 Å². The zero-order chi connectivity index (χ0) is 53.2. The number of nitrogens with zero attached hydrogens (tertiary/aromatic N) is 5. The number of hydrazine groups is 2. The molecule has 4 aromatic carbocycles. The fraction of sp³-hybridized carbons (Fsp3) is 0.146. The molecule has 0 saturated heterocycles. The van der Waals surface area contributed by atoms with E-state index < -0.39 is 160 Å². The van der Waals surface area contributed by atoms with Crippen LogP contribution in [0.4, 0.5) is 71.8 Å². The fourth-order valence-corrected chi connectivity index (χ4v) is 6.18. The maximum absolute atomic E-state index is 13.7. The van der Waals surface area contributed by atoms with Crippen LogP contribution in [0.25, 0.3) is 0 Å². The van der Waals surface area contributed by atoms with Gasteiger partial charge in [0.1, 0.15) is 11.4 Å². The van der Waals surface area contributed by atoms with Crippen LogP contribution in [0.3, 0.4) is 0 Å². The van der Waals surface area contributed by atoms with Gasteiger partial charge in [-0.2, -0.15) is 26.3 Å². The largest absolute Gasteiger partial charge is 0.769 e. The molecule has 0 aliphatic carbocycles. The van der Waals surface area contributed by atoms with Gasteiger partial charge in [0.15, 0.2) is 0 Å². The Morgan fingerprint density at radius 3 is 1.31 bits per heavy atom. The first-order valence-electron chi connectivity index (χ1n) is 19.6. The summed E-state index contributed by atoms with van der Waals surface area (Å²) in [7, 11) is 1.78. The number of nitro benzene ring substituents is 2. The number of aliphatic hydroxyl groups is 2. The quantitative estimate of drug-likeness (QED) is 0.0120. The monoisotopic (exact) mass is 1020 g/mol. The van der Waals surface area contributed by atoms with E-state index in [1.165, 1.54) is 0 Å². The van der Waals surface area contributed by atoms with Crippen molar-refractivity contribution in [2.75, 3.05) is 46.2 Å². The molecule has 0 bridgehead atoms. The van der Waals surface area contributed by atoms with E-state index in [9.17, 15) is 87.2 Å². The molecule has 1 heterocycles. The third kappa shape index (κ3) is 13.5. The second-order valence-electron chi connectivity index (χ2n) is 14.3. The Hall–Kier alpha value is -9.33. The van der Waals surface area contributed by atoms with Crippen LogP contribution in [0.1, 0.15) is 43.2 Å². The first kappa shape index (κ1) is 53.6. The van der Waals surface area contributed by atoms with E-state index in [2.05, 4.69) is 37.3 Å². The molecule has 8 N–H and O–H groups in total. The summed E-state index contributed by atoms with van der Waals surface area (Å²) >= 11 is 0. The van der Waals surface area contributed by atoms with Crippen molar-refractivity contribution in [1.29, 1.82) is 0 Å². The number of carbonyl (C=O) groups excluding carboxylic acids is 2. The fourth-order valence-electron chi connectivity index (χ4n) is 6.18. The summed E-state index contributed by atoms with van der Waals surface area (Å²) < 4.78 is 91.7. The number of benzene rings is 4. The molecule has 0 aliphatic heterocycles. The summed E-state index contributed by atoms with van der Waals surface area (Å²) in [6.07, 6.45) is -11.6. The van der Waals surface area contributed by atoms with Gasteiger partial charge in [-0.3, -0.25) is 46.9 Å². The highest BCUT2D eigenvalue weighted by atomic mass is 19.4. The van der Waals surface area contributed by atoms with Crippen LogP contribution in [0.15, 0.2) is 114 Å². The molecule has 72 heavy (non-hydrogen) atoms. The van der Waals surface area contributed by atoms with E-state index in [-0.39, 0.29) is 0 Å². The lowest BCUT2D eigenvalue weighted by Gasteiger charge is -2.37. The highest BCUT2D eigenvalue weighted by molar-refractivity contribution is 5.96. The second kappa shape index (κ2) is 22.4. The normalized spacial score (nSPS) is 12.1. The Kier molecular flexibility index (Phi) is 16.7. The number of pyridine rings is 1. The molecule has 0 fully saturated rings. The van der Waals surface area contributed by atoms with Crippen molar-refractivity contribution in [3.8, 4) is 0 Å². The minimum atomic E-state index is -4.88. The second-order valence-corrected chi connectivity index (χ2v) is 14.3. The van der Waals surface area contributed by atoms with Crippen molar-refractivity contribution in [3.05, 3.63) is 189 Å². The highest BCUT2D eigenvalue weighted by Gasteiger charge is 2.32. The maximum Gasteiger partial charge on any atom is 0.416 e. The van der Waals surface area contributed by atoms with Gasteiger partial charge < -0.3 is 61.6 Å². The van der Waals surface area contributed by atoms with Crippen molar-refractivity contribution < 1.29 is 65.5 Å². The molecule has 0 aliphatic rings. The average Bonchev–Trinajstić information content (AvgIpc) is 3.32. The molecule has 0 atom stereocenters. The first-order valence-corrected chi connectivity index (χ1v) is 19.6. The van der Waals surface area contributed by atoms with Gasteiger partial charge in [0.25, 0.3) is 11.4 Å². The van der Waals surface area contributed by atoms with E-state index in [1.807, 2.05) is 0 Å². The number of allylic oxidation sites excluding steroid dienone is 2. The molecule has 382 valence electrons. The number of aliphatic hydroxyl groups excluding tert-OH is 2. The van der Waals surface area contributed by atoms with Crippen molar-refractivity contribution in [2.45, 2.75) is 25.2 Å². The lowest BCUT2D eigenvalue weighted by molar-refractivity contribution is -0.384. The topological polar surface area (TPSA) is 363 Å². The zero-order valence-corrected chi connectivity index (χ0v) is 36.4. The van der Waals surface area contributed by atoms with Gasteiger partial charge in [0, 0.05) is 47.7 Å². The molecule has 0 amide bonds. The van der Waals surface area contributed by atoms with Crippen LogP contribution in [-0.2, 0) is 34.7 Å². The number of anilines is 6. The Bertz CT molecular complexity index is 2750. The van der Waals surface area contributed by atoms with E-state index in [1.54, 1.807) is 0 Å². The number of nitro groups is 2. The van der Waals surface area contributed by atoms with Gasteiger partial charge in [0.2, 0.25) is 11.8 Å². The molecule has 0 radical (unpaired) electrons. The number of nitrogens with one attached hydrogen (secondary N) is 6. The standard InChI is InChI=1S/C41H33F6N11O14/c1-71-38(61)26-17-27(39(62)72-2)31(19-33(37(60)49-23-8-4-6-21(14-23)41(45,46)47)54-52-29-12-10-25(56(65)66)16-35(29)58(69)70)50-30(26)18-32(36(59)48-22-7-3-5-20(13-22)40(42,43)44)53-51-28-11-9-24(55(63)64)15-34(28)57(67)68/h3-17,48-49,51-54,59-60H,18-19H2,1-2H3/q-4. The van der Waals surface area contributed by atoms with Gasteiger partial charge in [0.05, 0.1) is 69.1 Å². The Labute approximate surface area is 398 Å². The van der Waals surface area contributed by atoms with Gasteiger partial charge in [-0.1, -0.05) is 12.1 Å². The van der Waals surface area contributed by atoms with E-state index in [4.69, 9.17) is 9.47 Å². The number of esters is 2. The number of hydrogen-bond donors (Lipinski definition) is 8. The molecule has 25 nitrogen and oxygen atoms in total. The number of hydrogen-bond acceptors (Lipinski definition) is 23. The molecule has 5 aromatic rings. The SMILES string of the molecule is COC(=O)c1cc(C(=O)OC)c(CC(NNc2ccc(N([O-])[O-])cc2[N+](=O)[O-])=C(O)Nc2cccc(C(F)(F)F)c2)nc1CC(NNc1ccc(N([O-])[O-])cc1[N+](=O)[O-])=C(O)Nc1cccc(C(F)(F)F)c1. The molecule has 0 spiro atoms. The number of alkyl halides is 6. The van der Waals surface area contributed by atoms with Crippen LogP contribution in [0.2, 0.25) is 0 Å². The van der Waals surface area contributed by atoms with Gasteiger partial charge >= 0.3 is 24.3 Å². The minimum absolute atomic E-state index is 0.406. The van der Waals surface area contributed by atoms with Crippen molar-refractivity contribution in [2.24, 2.45) is 0 Å². The molecule has 5 rings (SSSR count). The molecule has 31 heteroatoms. The van der Waals surface area contributed by atoms with E-state index in [0.717, 1.165) is 68.8 Å². The van der Waals surface area contributed by atoms with Crippen LogP contribution in [0, 0.1) is 41.1 Å². The van der Waals surface area contributed by atoms with Crippen molar-refractivity contribution >= 4 is 57.4 Å². The number of aromatic nitrogens is 1. The lowest BCUT2D eigenvalue weighted by Crippen LogP contribution is -2.29. The maximum atomic E-state index is 13.7. The number of methoxy groups -OCH3 is 2. The smallest absolute Gasteiger partial charge is 0.416 e.